The fraction of sp³-hybridized carbons (Fsp3) is 0.391. The van der Waals surface area contributed by atoms with Gasteiger partial charge in [0.15, 0.2) is 0 Å². The summed E-state index contributed by atoms with van der Waals surface area (Å²) in [4.78, 5) is 52.6. The van der Waals surface area contributed by atoms with Gasteiger partial charge in [-0.2, -0.15) is 0 Å². The molecule has 0 saturated carbocycles. The summed E-state index contributed by atoms with van der Waals surface area (Å²) in [6.07, 6.45) is 5.31. The molecule has 2 aliphatic heterocycles. The van der Waals surface area contributed by atoms with Crippen LogP contribution in [0.2, 0.25) is 0 Å². The van der Waals surface area contributed by atoms with Gasteiger partial charge in [0.05, 0.1) is 0 Å². The maximum Gasteiger partial charge on any atom is 0.331 e. The number of barbiturate groups is 1. The molecule has 3 heterocycles. The number of nitrogens with one attached hydrogen (secondary N) is 1. The molecule has 2 aromatic rings. The number of hydrogen-bond donors (Lipinski definition) is 1. The van der Waals surface area contributed by atoms with Gasteiger partial charge in [-0.1, -0.05) is 25.1 Å². The fourth-order valence-electron chi connectivity index (χ4n) is 4.16. The van der Waals surface area contributed by atoms with Gasteiger partial charge in [-0.05, 0) is 37.8 Å². The Morgan fingerprint density at radius 2 is 1.87 bits per heavy atom. The van der Waals surface area contributed by atoms with Crippen molar-refractivity contribution in [3.8, 4) is 0 Å². The molecule has 2 fully saturated rings. The molecule has 1 aromatic carbocycles. The lowest BCUT2D eigenvalue weighted by molar-refractivity contribution is -0.133. The van der Waals surface area contributed by atoms with E-state index >= 15 is 0 Å². The van der Waals surface area contributed by atoms with Crippen LogP contribution >= 0.6 is 0 Å². The van der Waals surface area contributed by atoms with Gasteiger partial charge in [0.2, 0.25) is 5.91 Å². The van der Waals surface area contributed by atoms with Gasteiger partial charge in [-0.25, -0.2) is 4.79 Å². The monoisotopic (exact) mass is 422 g/mol. The number of likely N-dealkylation sites (tertiary alicyclic amines) is 1. The molecule has 0 aliphatic carbocycles. The molecule has 2 saturated heterocycles. The van der Waals surface area contributed by atoms with Crippen molar-refractivity contribution in [2.75, 3.05) is 19.6 Å². The smallest absolute Gasteiger partial charge is 0.331 e. The number of rotatable bonds is 4. The molecule has 0 unspecified atom stereocenters. The largest absolute Gasteiger partial charge is 0.341 e. The summed E-state index contributed by atoms with van der Waals surface area (Å²) in [7, 11) is 0. The fourth-order valence-corrected chi connectivity index (χ4v) is 4.16. The molecular weight excluding hydrogens is 396 g/mol. The van der Waals surface area contributed by atoms with Gasteiger partial charge in [0.1, 0.15) is 12.1 Å². The number of imide groups is 2. The SMILES string of the molecule is CCN1C(=O)NC(=O)/C(=C\c2cn(CC(=O)N3CCC(C)CC3)c3ccccc23)C1=O. The van der Waals surface area contributed by atoms with Crippen molar-refractivity contribution < 1.29 is 19.2 Å². The van der Waals surface area contributed by atoms with E-state index in [1.165, 1.54) is 6.08 Å². The third-order valence-corrected chi connectivity index (χ3v) is 6.06. The zero-order valence-corrected chi connectivity index (χ0v) is 17.8. The Bertz CT molecular complexity index is 1090. The second-order valence-corrected chi connectivity index (χ2v) is 8.16. The third-order valence-electron chi connectivity index (χ3n) is 6.06. The Balaban J connectivity index is 1.66. The quantitative estimate of drug-likeness (QED) is 0.605. The van der Waals surface area contributed by atoms with Crippen molar-refractivity contribution in [1.29, 1.82) is 0 Å². The minimum Gasteiger partial charge on any atom is -0.341 e. The molecule has 4 rings (SSSR count). The molecular formula is C23H26N4O4. The van der Waals surface area contributed by atoms with Gasteiger partial charge < -0.3 is 9.47 Å². The summed E-state index contributed by atoms with van der Waals surface area (Å²) in [6, 6.07) is 6.84. The minimum absolute atomic E-state index is 0.0566. The molecule has 8 heteroatoms. The van der Waals surface area contributed by atoms with Crippen molar-refractivity contribution in [2.45, 2.75) is 33.2 Å². The second kappa shape index (κ2) is 8.37. The Labute approximate surface area is 180 Å². The first-order chi connectivity index (χ1) is 14.9. The van der Waals surface area contributed by atoms with E-state index in [9.17, 15) is 19.2 Å². The van der Waals surface area contributed by atoms with Gasteiger partial charge in [-0.3, -0.25) is 24.6 Å². The number of carbonyl (C=O) groups excluding carboxylic acids is 4. The lowest BCUT2D eigenvalue weighted by Gasteiger charge is -2.30. The highest BCUT2D eigenvalue weighted by Gasteiger charge is 2.34. The highest BCUT2D eigenvalue weighted by Crippen LogP contribution is 2.25. The molecule has 0 bridgehead atoms. The predicted octanol–water partition coefficient (Wildman–Crippen LogP) is 2.38. The third kappa shape index (κ3) is 3.97. The number of carbonyl (C=O) groups is 4. The lowest BCUT2D eigenvalue weighted by atomic mass is 9.99. The van der Waals surface area contributed by atoms with Crippen LogP contribution in [0.3, 0.4) is 0 Å². The van der Waals surface area contributed by atoms with Crippen LogP contribution in [0, 0.1) is 5.92 Å². The van der Waals surface area contributed by atoms with Gasteiger partial charge in [0.25, 0.3) is 11.8 Å². The van der Waals surface area contributed by atoms with Crippen molar-refractivity contribution >= 4 is 40.7 Å². The van der Waals surface area contributed by atoms with E-state index in [0.717, 1.165) is 41.7 Å². The van der Waals surface area contributed by atoms with Crippen LogP contribution < -0.4 is 5.32 Å². The highest BCUT2D eigenvalue weighted by atomic mass is 16.2. The first kappa shape index (κ1) is 20.8. The summed E-state index contributed by atoms with van der Waals surface area (Å²) in [5.74, 6) is -0.633. The lowest BCUT2D eigenvalue weighted by Crippen LogP contribution is -2.53. The first-order valence-electron chi connectivity index (χ1n) is 10.6. The average molecular weight is 422 g/mol. The molecule has 0 spiro atoms. The Kier molecular flexibility index (Phi) is 5.63. The molecule has 1 aromatic heterocycles. The number of fused-ring (bicyclic) bond motifs is 1. The normalized spacial score (nSPS) is 19.4. The number of hydrogen-bond acceptors (Lipinski definition) is 4. The van der Waals surface area contributed by atoms with E-state index in [-0.39, 0.29) is 24.6 Å². The molecule has 162 valence electrons. The van der Waals surface area contributed by atoms with Gasteiger partial charge in [-0.15, -0.1) is 0 Å². The standard InChI is InChI=1S/C23H26N4O4/c1-3-27-22(30)18(21(29)24-23(27)31)12-16-13-26(19-7-5-4-6-17(16)19)14-20(28)25-10-8-15(2)9-11-25/h4-7,12-13,15H,3,8-11,14H2,1-2H3,(H,24,29,31)/b18-12+. The van der Waals surface area contributed by atoms with Crippen LogP contribution in [0.4, 0.5) is 4.79 Å². The molecule has 2 aliphatic rings. The Morgan fingerprint density at radius 1 is 1.16 bits per heavy atom. The van der Waals surface area contributed by atoms with Crippen molar-refractivity contribution in [3.05, 3.63) is 41.6 Å². The van der Waals surface area contributed by atoms with E-state index in [0.29, 0.717) is 11.5 Å². The average Bonchev–Trinajstić information content (AvgIpc) is 3.09. The van der Waals surface area contributed by atoms with Gasteiger partial charge >= 0.3 is 6.03 Å². The summed E-state index contributed by atoms with van der Waals surface area (Å²) in [6.45, 7) is 5.77. The van der Waals surface area contributed by atoms with E-state index in [2.05, 4.69) is 12.2 Å². The maximum atomic E-state index is 12.9. The summed E-state index contributed by atoms with van der Waals surface area (Å²) in [5.41, 5.74) is 1.40. The molecule has 8 nitrogen and oxygen atoms in total. The predicted molar refractivity (Wildman–Crippen MR) is 116 cm³/mol. The van der Waals surface area contributed by atoms with Crippen LogP contribution in [0.15, 0.2) is 36.0 Å². The molecule has 0 atom stereocenters. The number of amides is 5. The van der Waals surface area contributed by atoms with Crippen LogP contribution in [0.25, 0.3) is 17.0 Å². The maximum absolute atomic E-state index is 12.9. The molecule has 1 N–H and O–H groups in total. The van der Waals surface area contributed by atoms with Crippen molar-refractivity contribution in [3.63, 3.8) is 0 Å². The molecule has 0 radical (unpaired) electrons. The van der Waals surface area contributed by atoms with Crippen LogP contribution in [0.1, 0.15) is 32.3 Å². The molecule has 5 amide bonds. The van der Waals surface area contributed by atoms with Crippen LogP contribution in [-0.2, 0) is 20.9 Å². The van der Waals surface area contributed by atoms with Crippen LogP contribution in [0.5, 0.6) is 0 Å². The number of piperidine rings is 1. The zero-order valence-electron chi connectivity index (χ0n) is 17.8. The van der Waals surface area contributed by atoms with E-state index in [1.54, 1.807) is 13.1 Å². The number of aromatic nitrogens is 1. The van der Waals surface area contributed by atoms with Crippen LogP contribution in [-0.4, -0.2) is 57.8 Å². The van der Waals surface area contributed by atoms with E-state index < -0.39 is 17.8 Å². The molecule has 31 heavy (non-hydrogen) atoms. The zero-order chi connectivity index (χ0) is 22.1. The summed E-state index contributed by atoms with van der Waals surface area (Å²) < 4.78 is 1.86. The first-order valence-corrected chi connectivity index (χ1v) is 10.6. The number of benzene rings is 1. The minimum atomic E-state index is -0.713. The highest BCUT2D eigenvalue weighted by molar-refractivity contribution is 6.31. The van der Waals surface area contributed by atoms with E-state index in [1.807, 2.05) is 33.7 Å². The number of nitrogens with zero attached hydrogens (tertiary/aromatic N) is 3. The van der Waals surface area contributed by atoms with Crippen molar-refractivity contribution in [2.24, 2.45) is 5.92 Å². The Morgan fingerprint density at radius 3 is 2.58 bits per heavy atom. The van der Waals surface area contributed by atoms with E-state index in [4.69, 9.17) is 0 Å². The number of likely N-dealkylation sites (N-methyl/N-ethyl adjacent to an activating group) is 1. The summed E-state index contributed by atoms with van der Waals surface area (Å²) >= 11 is 0. The number of para-hydroxylation sites is 1. The summed E-state index contributed by atoms with van der Waals surface area (Å²) in [5, 5.41) is 3.04. The Hall–Kier alpha value is -3.42. The number of urea groups is 1. The van der Waals surface area contributed by atoms with Gasteiger partial charge in [0, 0.05) is 42.3 Å². The topological polar surface area (TPSA) is 91.7 Å². The second-order valence-electron chi connectivity index (χ2n) is 8.16. The van der Waals surface area contributed by atoms with Crippen molar-refractivity contribution in [1.82, 2.24) is 19.7 Å².